The second-order valence-electron chi connectivity index (χ2n) is 12.4. The van der Waals surface area contributed by atoms with E-state index in [1.807, 2.05) is 0 Å². The number of benzene rings is 3. The number of alkyl halides is 14. The van der Waals surface area contributed by atoms with Crippen LogP contribution in [0.1, 0.15) is 36.5 Å². The number of fused-ring (bicyclic) bond motifs is 1. The highest BCUT2D eigenvalue weighted by atomic mass is 127. The number of nitrogens with zero attached hydrogens (tertiary/aromatic N) is 1. The molecule has 0 bridgehead atoms. The van der Waals surface area contributed by atoms with E-state index >= 15 is 17.6 Å². The first kappa shape index (κ1) is 42.0. The van der Waals surface area contributed by atoms with E-state index in [4.69, 9.17) is 11.6 Å². The molecule has 3 aromatic carbocycles. The summed E-state index contributed by atoms with van der Waals surface area (Å²) in [5, 5.41) is -0.0263. The smallest absolute Gasteiger partial charge is 0.265 e. The van der Waals surface area contributed by atoms with Gasteiger partial charge in [-0.1, -0.05) is 94.7 Å². The van der Waals surface area contributed by atoms with Gasteiger partial charge in [-0.25, -0.2) is 8.42 Å². The predicted molar refractivity (Wildman–Crippen MR) is 177 cm³/mol. The summed E-state index contributed by atoms with van der Waals surface area (Å²) in [6, 6.07) is 15.9. The number of sulfonamides is 1. The fourth-order valence-electron chi connectivity index (χ4n) is 5.96. The molecule has 52 heavy (non-hydrogen) atoms. The third-order valence-electron chi connectivity index (χ3n) is 8.65. The Hall–Kier alpha value is -2.74. The Morgan fingerprint density at radius 2 is 1.31 bits per heavy atom. The van der Waals surface area contributed by atoms with E-state index in [1.165, 1.54) is 60.7 Å². The van der Waals surface area contributed by atoms with E-state index < -0.39 is 69.1 Å². The average molecular weight is 910 g/mol. The van der Waals surface area contributed by atoms with Crippen molar-refractivity contribution in [2.45, 2.75) is 67.4 Å². The lowest BCUT2D eigenvalue weighted by Gasteiger charge is -2.43. The Morgan fingerprint density at radius 1 is 0.769 bits per heavy atom. The molecule has 0 aromatic heterocycles. The molecule has 3 aromatic rings. The lowest BCUT2D eigenvalue weighted by atomic mass is 9.71. The van der Waals surface area contributed by atoms with Crippen LogP contribution in [0.15, 0.2) is 83.3 Å². The highest BCUT2D eigenvalue weighted by Crippen LogP contribution is 2.63. The van der Waals surface area contributed by atoms with Gasteiger partial charge in [-0.05, 0) is 54.8 Å². The van der Waals surface area contributed by atoms with Gasteiger partial charge in [-0.2, -0.15) is 57.1 Å². The lowest BCUT2D eigenvalue weighted by molar-refractivity contribution is -0.441. The maximum Gasteiger partial charge on any atom is 0.460 e. The number of anilines is 1. The Bertz CT molecular complexity index is 1940. The lowest BCUT2D eigenvalue weighted by Crippen LogP contribution is -2.70. The van der Waals surface area contributed by atoms with Crippen LogP contribution in [0, 0.1) is 12.3 Å². The molecular weight excluding hydrogens is 884 g/mol. The molecule has 1 heterocycles. The maximum atomic E-state index is 15.9. The van der Waals surface area contributed by atoms with Gasteiger partial charge in [0.2, 0.25) is 0 Å². The maximum absolute atomic E-state index is 15.9. The normalized spacial score (nSPS) is 18.4. The first-order valence-corrected chi connectivity index (χ1v) is 18.2. The van der Waals surface area contributed by atoms with E-state index in [1.54, 1.807) is 29.5 Å². The van der Waals surface area contributed by atoms with Crippen molar-refractivity contribution in [3.63, 3.8) is 0 Å². The van der Waals surface area contributed by atoms with E-state index in [0.717, 1.165) is 19.1 Å². The van der Waals surface area contributed by atoms with Crippen LogP contribution in [0.4, 0.5) is 62.8 Å². The first-order chi connectivity index (χ1) is 23.6. The van der Waals surface area contributed by atoms with Gasteiger partial charge in [-0.3, -0.25) is 4.31 Å². The van der Waals surface area contributed by atoms with Gasteiger partial charge >= 0.3 is 35.8 Å². The second-order valence-corrected chi connectivity index (χ2v) is 15.8. The van der Waals surface area contributed by atoms with Gasteiger partial charge < -0.3 is 0 Å². The molecule has 0 aliphatic carbocycles. The Kier molecular flexibility index (Phi) is 11.2. The first-order valence-electron chi connectivity index (χ1n) is 14.8. The minimum Gasteiger partial charge on any atom is -0.265 e. The molecule has 1 atom stereocenters. The van der Waals surface area contributed by atoms with Crippen LogP contribution in [-0.2, 0) is 10.0 Å². The zero-order valence-corrected chi connectivity index (χ0v) is 30.3. The van der Waals surface area contributed by atoms with Crippen LogP contribution in [0.2, 0.25) is 5.02 Å². The van der Waals surface area contributed by atoms with Gasteiger partial charge in [0.1, 0.15) is 0 Å². The van der Waals surface area contributed by atoms with Gasteiger partial charge in [0.15, 0.2) is 0 Å². The minimum atomic E-state index is -8.08. The fourth-order valence-corrected chi connectivity index (χ4v) is 8.28. The summed E-state index contributed by atoms with van der Waals surface area (Å²) in [5.41, 5.74) is -2.71. The molecular formula is C33H26ClF13INO2S. The second kappa shape index (κ2) is 13.8. The van der Waals surface area contributed by atoms with Crippen LogP contribution in [0.25, 0.3) is 5.57 Å². The summed E-state index contributed by atoms with van der Waals surface area (Å²) in [4.78, 5) is -0.447. The number of aryl methyl sites for hydroxylation is 1. The molecule has 3 nitrogen and oxygen atoms in total. The summed E-state index contributed by atoms with van der Waals surface area (Å²) < 4.78 is 215. The van der Waals surface area contributed by atoms with E-state index in [2.05, 4.69) is 0 Å². The molecule has 0 radical (unpaired) electrons. The fraction of sp³-hybridized carbons (Fsp3) is 0.394. The average Bonchev–Trinajstić information content (AvgIpc) is 3.13. The van der Waals surface area contributed by atoms with E-state index in [9.17, 15) is 47.9 Å². The van der Waals surface area contributed by atoms with Crippen molar-refractivity contribution < 1.29 is 65.5 Å². The summed E-state index contributed by atoms with van der Waals surface area (Å²) in [5.74, 6) is -38.1. The summed E-state index contributed by atoms with van der Waals surface area (Å²) in [6.45, 7) is 1.11. The number of hydrogen-bond acceptors (Lipinski definition) is 2. The highest BCUT2D eigenvalue weighted by molar-refractivity contribution is 14.1. The van der Waals surface area contributed by atoms with Crippen molar-refractivity contribution >= 4 is 55.5 Å². The number of rotatable bonds is 11. The quantitative estimate of drug-likeness (QED) is 0.109. The van der Waals surface area contributed by atoms with Crippen molar-refractivity contribution in [1.29, 1.82) is 0 Å². The SMILES string of the molecule is Cc1ccc(S(=O)(=O)N2CC(C)(CC(F)(F)C(F)(F)C(F)(F)C(F)(F)C(F)(F)C(F)(F)F)C(CCI)=C(c3ccccc3)c3cc(Cl)ccc32)cc1. The van der Waals surface area contributed by atoms with Crippen LogP contribution in [0.3, 0.4) is 0 Å². The Labute approximate surface area is 308 Å². The van der Waals surface area contributed by atoms with Gasteiger partial charge in [0.25, 0.3) is 10.0 Å². The van der Waals surface area contributed by atoms with E-state index in [-0.39, 0.29) is 43.8 Å². The molecule has 0 saturated carbocycles. The third-order valence-corrected chi connectivity index (χ3v) is 11.2. The standard InChI is InChI=1S/C33H26ClF13INO2S/c1-19-8-11-22(12-9-19)52(50,51)49-18-27(2,17-28(35,36)29(37,38)30(39,40)31(41,42)32(43,44)33(45,46)47)24(14-15-48)26(20-6-4-3-5-7-20)23-16-21(34)10-13-25(23)49/h3-13,16H,14-15,17-18H2,1-2H3. The van der Waals surface area contributed by atoms with Crippen molar-refractivity contribution in [2.24, 2.45) is 5.41 Å². The highest BCUT2D eigenvalue weighted by Gasteiger charge is 2.90. The largest absolute Gasteiger partial charge is 0.460 e. The zero-order chi connectivity index (χ0) is 39.5. The van der Waals surface area contributed by atoms with E-state index in [0.29, 0.717) is 9.87 Å². The summed E-state index contributed by atoms with van der Waals surface area (Å²) >= 11 is 8.04. The molecule has 286 valence electrons. The van der Waals surface area contributed by atoms with Crippen molar-refractivity contribution in [2.75, 3.05) is 15.3 Å². The van der Waals surface area contributed by atoms with Crippen molar-refractivity contribution in [1.82, 2.24) is 0 Å². The molecule has 0 spiro atoms. The predicted octanol–water partition coefficient (Wildman–Crippen LogP) is 11.6. The number of halogens is 15. The molecule has 0 N–H and O–H groups in total. The molecule has 1 aliphatic rings. The van der Waals surface area contributed by atoms with Crippen LogP contribution in [0.5, 0.6) is 0 Å². The molecule has 0 saturated heterocycles. The summed E-state index contributed by atoms with van der Waals surface area (Å²) in [6.07, 6.45) is -10.6. The number of hydrogen-bond donors (Lipinski definition) is 0. The van der Waals surface area contributed by atoms with Crippen molar-refractivity contribution in [3.05, 3.63) is 100 Å². The van der Waals surface area contributed by atoms with Crippen LogP contribution >= 0.6 is 34.2 Å². The topological polar surface area (TPSA) is 37.4 Å². The van der Waals surface area contributed by atoms with Crippen LogP contribution in [-0.4, -0.2) is 55.2 Å². The minimum absolute atomic E-state index is 0.0202. The van der Waals surface area contributed by atoms with Gasteiger partial charge in [-0.15, -0.1) is 0 Å². The third kappa shape index (κ3) is 6.88. The molecule has 1 aliphatic heterocycles. The molecule has 0 fully saturated rings. The monoisotopic (exact) mass is 909 g/mol. The molecule has 4 rings (SSSR count). The van der Waals surface area contributed by atoms with Gasteiger partial charge in [0.05, 0.1) is 10.6 Å². The zero-order valence-electron chi connectivity index (χ0n) is 26.6. The Morgan fingerprint density at radius 3 is 1.83 bits per heavy atom. The van der Waals surface area contributed by atoms with Crippen molar-refractivity contribution in [3.8, 4) is 0 Å². The van der Waals surface area contributed by atoms with Crippen LogP contribution < -0.4 is 4.31 Å². The molecule has 0 amide bonds. The summed E-state index contributed by atoms with van der Waals surface area (Å²) in [7, 11) is -4.88. The Balaban J connectivity index is 2.06. The molecule has 1 unspecified atom stereocenters. The van der Waals surface area contributed by atoms with Gasteiger partial charge in [0, 0.05) is 33.4 Å². The molecule has 19 heteroatoms.